The van der Waals surface area contributed by atoms with Gasteiger partial charge in [0.1, 0.15) is 6.54 Å². The third kappa shape index (κ3) is 6.17. The van der Waals surface area contributed by atoms with E-state index in [9.17, 15) is 4.79 Å². The van der Waals surface area contributed by atoms with Gasteiger partial charge in [-0.2, -0.15) is 0 Å². The highest BCUT2D eigenvalue weighted by molar-refractivity contribution is 5.85. The average molecular weight is 353 g/mol. The number of nitrogens with one attached hydrogen (secondary N) is 2. The van der Waals surface area contributed by atoms with Crippen LogP contribution in [0.2, 0.25) is 0 Å². The Morgan fingerprint density at radius 1 is 1.28 bits per heavy atom. The van der Waals surface area contributed by atoms with Gasteiger partial charge >= 0.3 is 0 Å². The van der Waals surface area contributed by atoms with Crippen molar-refractivity contribution in [2.24, 2.45) is 22.2 Å². The molecule has 2 N–H and O–H groups in total. The van der Waals surface area contributed by atoms with E-state index in [1.165, 1.54) is 25.7 Å². The van der Waals surface area contributed by atoms with Crippen molar-refractivity contribution in [3.63, 3.8) is 0 Å². The van der Waals surface area contributed by atoms with E-state index in [0.717, 1.165) is 37.4 Å². The second kappa shape index (κ2) is 8.88. The minimum absolute atomic E-state index is 0.0210. The minimum atomic E-state index is 0.0210. The Balaban J connectivity index is 1.93. The van der Waals surface area contributed by atoms with Gasteiger partial charge in [-0.05, 0) is 42.9 Å². The van der Waals surface area contributed by atoms with Crippen LogP contribution in [0.4, 0.5) is 0 Å². The number of nitrogens with zero attached hydrogens (tertiary/aromatic N) is 2. The third-order valence-electron chi connectivity index (χ3n) is 5.65. The van der Waals surface area contributed by atoms with Crippen LogP contribution in [-0.4, -0.2) is 63.7 Å². The van der Waals surface area contributed by atoms with Crippen LogP contribution >= 0.6 is 0 Å². The number of hydrogen-bond donors (Lipinski definition) is 2. The van der Waals surface area contributed by atoms with Gasteiger partial charge in [0.15, 0.2) is 5.96 Å². The standard InChI is InChI=1S/C19H36N4O2/c1-19(2,8-9-25-5)13-21-18(20-12-17(24)23(3)4)22-16-11-14-6-7-15(16)10-14/h14-16H,6-13H2,1-5H3,(H2,20,21,22). The van der Waals surface area contributed by atoms with Gasteiger partial charge in [0, 0.05) is 40.4 Å². The number of aliphatic imine (C=N–C) groups is 1. The summed E-state index contributed by atoms with van der Waals surface area (Å²) < 4.78 is 5.21. The molecule has 2 rings (SSSR count). The number of carbonyl (C=O) groups is 1. The van der Waals surface area contributed by atoms with Crippen LogP contribution in [-0.2, 0) is 9.53 Å². The second-order valence-electron chi connectivity index (χ2n) is 8.64. The normalized spacial score (nSPS) is 26.0. The first-order valence-corrected chi connectivity index (χ1v) is 9.54. The van der Waals surface area contributed by atoms with E-state index in [-0.39, 0.29) is 17.9 Å². The molecule has 0 aromatic heterocycles. The van der Waals surface area contributed by atoms with E-state index < -0.39 is 0 Å². The van der Waals surface area contributed by atoms with Crippen LogP contribution < -0.4 is 10.6 Å². The zero-order chi connectivity index (χ0) is 18.4. The number of likely N-dealkylation sites (N-methyl/N-ethyl adjacent to an activating group) is 1. The Morgan fingerprint density at radius 3 is 2.60 bits per heavy atom. The molecule has 3 atom stereocenters. The SMILES string of the molecule is COCCC(C)(C)CNC(=NCC(=O)N(C)C)NC1CC2CCC1C2. The predicted octanol–water partition coefficient (Wildman–Crippen LogP) is 1.86. The van der Waals surface area contributed by atoms with E-state index in [1.54, 1.807) is 26.1 Å². The predicted molar refractivity (Wildman–Crippen MR) is 102 cm³/mol. The number of ether oxygens (including phenoxy) is 1. The van der Waals surface area contributed by atoms with Crippen molar-refractivity contribution < 1.29 is 9.53 Å². The van der Waals surface area contributed by atoms with Crippen molar-refractivity contribution in [1.82, 2.24) is 15.5 Å². The molecule has 0 aromatic carbocycles. The first-order valence-electron chi connectivity index (χ1n) is 9.54. The van der Waals surface area contributed by atoms with Crippen molar-refractivity contribution >= 4 is 11.9 Å². The lowest BCUT2D eigenvalue weighted by Crippen LogP contribution is -2.48. The molecule has 6 heteroatoms. The number of fused-ring (bicyclic) bond motifs is 2. The summed E-state index contributed by atoms with van der Waals surface area (Å²) >= 11 is 0. The molecule has 2 bridgehead atoms. The molecule has 3 unspecified atom stereocenters. The molecular weight excluding hydrogens is 316 g/mol. The molecule has 6 nitrogen and oxygen atoms in total. The zero-order valence-electron chi connectivity index (χ0n) is 16.6. The third-order valence-corrected chi connectivity index (χ3v) is 5.65. The summed E-state index contributed by atoms with van der Waals surface area (Å²) in [6.45, 7) is 6.18. The Bertz CT molecular complexity index is 476. The smallest absolute Gasteiger partial charge is 0.243 e. The van der Waals surface area contributed by atoms with E-state index in [2.05, 4.69) is 29.5 Å². The Hall–Kier alpha value is -1.30. The second-order valence-corrected chi connectivity index (χ2v) is 8.64. The fraction of sp³-hybridized carbons (Fsp3) is 0.895. The summed E-state index contributed by atoms with van der Waals surface area (Å²) in [6, 6.07) is 0.501. The molecule has 0 aliphatic heterocycles. The summed E-state index contributed by atoms with van der Waals surface area (Å²) in [7, 11) is 5.27. The molecular formula is C19H36N4O2. The number of carbonyl (C=O) groups excluding carboxylic acids is 1. The van der Waals surface area contributed by atoms with Gasteiger partial charge in [0.25, 0.3) is 0 Å². The Kier molecular flexibility index (Phi) is 7.11. The van der Waals surface area contributed by atoms with Crippen molar-refractivity contribution in [2.45, 2.75) is 52.0 Å². The summed E-state index contributed by atoms with van der Waals surface area (Å²) in [6.07, 6.45) is 6.27. The monoisotopic (exact) mass is 352 g/mol. The highest BCUT2D eigenvalue weighted by Crippen LogP contribution is 2.44. The Morgan fingerprint density at radius 2 is 2.04 bits per heavy atom. The largest absolute Gasteiger partial charge is 0.385 e. The molecule has 25 heavy (non-hydrogen) atoms. The first-order chi connectivity index (χ1) is 11.8. The van der Waals surface area contributed by atoms with Gasteiger partial charge in [-0.1, -0.05) is 20.3 Å². The highest BCUT2D eigenvalue weighted by Gasteiger charge is 2.39. The molecule has 0 saturated heterocycles. The molecule has 2 fully saturated rings. The molecule has 0 spiro atoms. The van der Waals surface area contributed by atoms with Crippen molar-refractivity contribution in [1.29, 1.82) is 0 Å². The van der Waals surface area contributed by atoms with Crippen LogP contribution in [0.3, 0.4) is 0 Å². The van der Waals surface area contributed by atoms with E-state index in [1.807, 2.05) is 0 Å². The number of amides is 1. The Labute approximate surface area is 152 Å². The molecule has 144 valence electrons. The van der Waals surface area contributed by atoms with Gasteiger partial charge in [0.2, 0.25) is 5.91 Å². The summed E-state index contributed by atoms with van der Waals surface area (Å²) in [5, 5.41) is 7.07. The lowest BCUT2D eigenvalue weighted by Gasteiger charge is -2.29. The first kappa shape index (κ1) is 20.0. The van der Waals surface area contributed by atoms with Crippen molar-refractivity contribution in [3.05, 3.63) is 0 Å². The van der Waals surface area contributed by atoms with Crippen LogP contribution in [0.5, 0.6) is 0 Å². The number of guanidine groups is 1. The van der Waals surface area contributed by atoms with Gasteiger partial charge in [-0.15, -0.1) is 0 Å². The van der Waals surface area contributed by atoms with Crippen molar-refractivity contribution in [3.8, 4) is 0 Å². The summed E-state index contributed by atoms with van der Waals surface area (Å²) in [5.41, 5.74) is 0.110. The molecule has 0 heterocycles. The van der Waals surface area contributed by atoms with Gasteiger partial charge < -0.3 is 20.3 Å². The highest BCUT2D eigenvalue weighted by atomic mass is 16.5. The fourth-order valence-corrected chi connectivity index (χ4v) is 3.83. The van der Waals surface area contributed by atoms with Crippen LogP contribution in [0.1, 0.15) is 46.0 Å². The number of hydrogen-bond acceptors (Lipinski definition) is 3. The van der Waals surface area contributed by atoms with E-state index in [4.69, 9.17) is 4.74 Å². The lowest BCUT2D eigenvalue weighted by atomic mass is 9.90. The molecule has 0 radical (unpaired) electrons. The number of methoxy groups -OCH3 is 1. The van der Waals surface area contributed by atoms with Gasteiger partial charge in [-0.25, -0.2) is 4.99 Å². The maximum atomic E-state index is 11.9. The topological polar surface area (TPSA) is 66.0 Å². The minimum Gasteiger partial charge on any atom is -0.385 e. The lowest BCUT2D eigenvalue weighted by molar-refractivity contribution is -0.127. The van der Waals surface area contributed by atoms with Gasteiger partial charge in [0.05, 0.1) is 0 Å². The van der Waals surface area contributed by atoms with Gasteiger partial charge in [-0.3, -0.25) is 4.79 Å². The number of rotatable bonds is 8. The molecule has 2 saturated carbocycles. The van der Waals surface area contributed by atoms with Crippen LogP contribution in [0.15, 0.2) is 4.99 Å². The van der Waals surface area contributed by atoms with E-state index >= 15 is 0 Å². The molecule has 1 amide bonds. The molecule has 0 aromatic rings. The zero-order valence-corrected chi connectivity index (χ0v) is 16.6. The quantitative estimate of drug-likeness (QED) is 0.517. The fourth-order valence-electron chi connectivity index (χ4n) is 3.83. The van der Waals surface area contributed by atoms with Crippen LogP contribution in [0, 0.1) is 17.3 Å². The van der Waals surface area contributed by atoms with Crippen molar-refractivity contribution in [2.75, 3.05) is 40.9 Å². The summed E-state index contributed by atoms with van der Waals surface area (Å²) in [5.74, 6) is 2.44. The maximum absolute atomic E-state index is 11.9. The molecule has 2 aliphatic carbocycles. The molecule has 2 aliphatic rings. The van der Waals surface area contributed by atoms with E-state index in [0.29, 0.717) is 6.04 Å². The van der Waals surface area contributed by atoms with Crippen LogP contribution in [0.25, 0.3) is 0 Å². The summed E-state index contributed by atoms with van der Waals surface area (Å²) in [4.78, 5) is 18.0. The maximum Gasteiger partial charge on any atom is 0.243 e. The average Bonchev–Trinajstić information content (AvgIpc) is 3.18.